The molecule has 0 saturated carbocycles. The summed E-state index contributed by atoms with van der Waals surface area (Å²) in [6.45, 7) is 1.98. The third-order valence-corrected chi connectivity index (χ3v) is 2.51. The normalized spacial score (nSPS) is 21.9. The van der Waals surface area contributed by atoms with Gasteiger partial charge in [0.25, 0.3) is 0 Å². The summed E-state index contributed by atoms with van der Waals surface area (Å²) in [4.78, 5) is 2.20. The summed E-state index contributed by atoms with van der Waals surface area (Å²) < 4.78 is 0. The predicted octanol–water partition coefficient (Wildman–Crippen LogP) is 1.78. The Morgan fingerprint density at radius 2 is 2.15 bits per heavy atom. The van der Waals surface area contributed by atoms with Gasteiger partial charge in [-0.3, -0.25) is 4.90 Å². The molecule has 1 aromatic carbocycles. The van der Waals surface area contributed by atoms with Crippen LogP contribution >= 0.6 is 0 Å². The second-order valence-electron chi connectivity index (χ2n) is 3.39. The minimum Gasteiger partial charge on any atom is -0.284 e. The van der Waals surface area contributed by atoms with Crippen molar-refractivity contribution in [2.24, 2.45) is 0 Å². The van der Waals surface area contributed by atoms with Gasteiger partial charge < -0.3 is 0 Å². The van der Waals surface area contributed by atoms with Crippen molar-refractivity contribution in [3.63, 3.8) is 0 Å². The highest BCUT2D eigenvalue weighted by Gasteiger charge is 2.26. The van der Waals surface area contributed by atoms with Gasteiger partial charge in [-0.1, -0.05) is 30.3 Å². The first kappa shape index (κ1) is 8.28. The Bertz CT molecular complexity index is 313. The molecule has 1 fully saturated rings. The lowest BCUT2D eigenvalue weighted by Crippen LogP contribution is -2.45. The smallest absolute Gasteiger partial charge is 0.0993 e. The number of benzene rings is 1. The van der Waals surface area contributed by atoms with Crippen LogP contribution in [0.4, 0.5) is 0 Å². The predicted molar refractivity (Wildman–Crippen MR) is 50.9 cm³/mol. The van der Waals surface area contributed by atoms with E-state index >= 15 is 0 Å². The van der Waals surface area contributed by atoms with Crippen LogP contribution in [0.5, 0.6) is 0 Å². The molecule has 0 aromatic heterocycles. The number of hydrogen-bond donors (Lipinski definition) is 0. The lowest BCUT2D eigenvalue weighted by molar-refractivity contribution is 0.122. The Morgan fingerprint density at radius 1 is 1.38 bits per heavy atom. The Labute approximate surface area is 78.4 Å². The second-order valence-corrected chi connectivity index (χ2v) is 3.39. The molecule has 1 aliphatic rings. The minimum atomic E-state index is 0.153. The largest absolute Gasteiger partial charge is 0.284 e. The van der Waals surface area contributed by atoms with E-state index in [1.54, 1.807) is 0 Å². The van der Waals surface area contributed by atoms with Gasteiger partial charge in [0, 0.05) is 13.1 Å². The maximum absolute atomic E-state index is 8.74. The summed E-state index contributed by atoms with van der Waals surface area (Å²) in [6, 6.07) is 12.8. The van der Waals surface area contributed by atoms with Crippen molar-refractivity contribution in [2.45, 2.75) is 19.0 Å². The molecule has 1 aromatic rings. The van der Waals surface area contributed by atoms with Crippen LogP contribution in [-0.2, 0) is 6.54 Å². The van der Waals surface area contributed by atoms with Crippen molar-refractivity contribution in [3.8, 4) is 6.07 Å². The lowest BCUT2D eigenvalue weighted by atomic mass is 10.0. The van der Waals surface area contributed by atoms with E-state index in [9.17, 15) is 0 Å². The second kappa shape index (κ2) is 3.59. The Hall–Kier alpha value is -1.33. The number of rotatable bonds is 2. The average Bonchev–Trinajstić information content (AvgIpc) is 2.15. The van der Waals surface area contributed by atoms with E-state index in [2.05, 4.69) is 23.1 Å². The molecule has 66 valence electrons. The van der Waals surface area contributed by atoms with Crippen LogP contribution < -0.4 is 0 Å². The van der Waals surface area contributed by atoms with Crippen LogP contribution in [0.2, 0.25) is 0 Å². The Kier molecular flexibility index (Phi) is 2.29. The van der Waals surface area contributed by atoms with E-state index in [-0.39, 0.29) is 6.04 Å². The summed E-state index contributed by atoms with van der Waals surface area (Å²) >= 11 is 0. The van der Waals surface area contributed by atoms with Gasteiger partial charge in [0.2, 0.25) is 0 Å². The fraction of sp³-hybridized carbons (Fsp3) is 0.364. The van der Waals surface area contributed by atoms with Gasteiger partial charge in [0.15, 0.2) is 0 Å². The molecule has 1 atom stereocenters. The molecule has 0 N–H and O–H groups in total. The highest BCUT2D eigenvalue weighted by molar-refractivity contribution is 5.16. The van der Waals surface area contributed by atoms with Crippen molar-refractivity contribution in [2.75, 3.05) is 6.54 Å². The SMILES string of the molecule is N#C[C@@H]1CCN1Cc1ccccc1. The summed E-state index contributed by atoms with van der Waals surface area (Å²) in [5.74, 6) is 0. The maximum atomic E-state index is 8.74. The molecule has 1 heterocycles. The van der Waals surface area contributed by atoms with Crippen molar-refractivity contribution < 1.29 is 0 Å². The highest BCUT2D eigenvalue weighted by Crippen LogP contribution is 2.19. The van der Waals surface area contributed by atoms with Crippen molar-refractivity contribution in [1.82, 2.24) is 4.90 Å². The van der Waals surface area contributed by atoms with Gasteiger partial charge in [0.1, 0.15) is 0 Å². The van der Waals surface area contributed by atoms with Crippen molar-refractivity contribution >= 4 is 0 Å². The first-order chi connectivity index (χ1) is 6.40. The fourth-order valence-corrected chi connectivity index (χ4v) is 1.59. The molecular formula is C11H12N2. The van der Waals surface area contributed by atoms with Crippen LogP contribution in [-0.4, -0.2) is 17.5 Å². The van der Waals surface area contributed by atoms with E-state index in [1.807, 2.05) is 18.2 Å². The summed E-state index contributed by atoms with van der Waals surface area (Å²) in [7, 11) is 0. The Balaban J connectivity index is 1.96. The van der Waals surface area contributed by atoms with E-state index in [1.165, 1.54) is 5.56 Å². The summed E-state index contributed by atoms with van der Waals surface area (Å²) in [6.07, 6.45) is 1.03. The minimum absolute atomic E-state index is 0.153. The van der Waals surface area contributed by atoms with Crippen LogP contribution in [0, 0.1) is 11.3 Å². The van der Waals surface area contributed by atoms with Gasteiger partial charge in [0.05, 0.1) is 12.1 Å². The monoisotopic (exact) mass is 172 g/mol. The molecule has 2 rings (SSSR count). The van der Waals surface area contributed by atoms with E-state index in [4.69, 9.17) is 5.26 Å². The zero-order valence-electron chi connectivity index (χ0n) is 7.48. The third kappa shape index (κ3) is 1.71. The standard InChI is InChI=1S/C11H12N2/c12-8-11-6-7-13(11)9-10-4-2-1-3-5-10/h1-5,11H,6-7,9H2/t11-/m0/s1. The molecule has 0 bridgehead atoms. The first-order valence-corrected chi connectivity index (χ1v) is 4.58. The van der Waals surface area contributed by atoms with Gasteiger partial charge in [-0.25, -0.2) is 0 Å². The third-order valence-electron chi connectivity index (χ3n) is 2.51. The lowest BCUT2D eigenvalue weighted by Gasteiger charge is -2.36. The number of hydrogen-bond acceptors (Lipinski definition) is 2. The molecule has 0 aliphatic carbocycles. The number of nitriles is 1. The van der Waals surface area contributed by atoms with Gasteiger partial charge in [-0.15, -0.1) is 0 Å². The van der Waals surface area contributed by atoms with E-state index < -0.39 is 0 Å². The van der Waals surface area contributed by atoms with Gasteiger partial charge >= 0.3 is 0 Å². The van der Waals surface area contributed by atoms with Crippen molar-refractivity contribution in [1.29, 1.82) is 5.26 Å². The topological polar surface area (TPSA) is 27.0 Å². The molecule has 0 spiro atoms. The zero-order chi connectivity index (χ0) is 9.10. The van der Waals surface area contributed by atoms with Gasteiger partial charge in [-0.2, -0.15) is 5.26 Å². The molecule has 13 heavy (non-hydrogen) atoms. The average molecular weight is 172 g/mol. The summed E-state index contributed by atoms with van der Waals surface area (Å²) in [5.41, 5.74) is 1.29. The van der Waals surface area contributed by atoms with Crippen LogP contribution in [0.3, 0.4) is 0 Å². The first-order valence-electron chi connectivity index (χ1n) is 4.58. The number of likely N-dealkylation sites (tertiary alicyclic amines) is 1. The number of nitrogens with zero attached hydrogens (tertiary/aromatic N) is 2. The molecule has 1 saturated heterocycles. The van der Waals surface area contributed by atoms with Crippen LogP contribution in [0.25, 0.3) is 0 Å². The highest BCUT2D eigenvalue weighted by atomic mass is 15.2. The van der Waals surface area contributed by atoms with E-state index in [0.29, 0.717) is 0 Å². The quantitative estimate of drug-likeness (QED) is 0.680. The van der Waals surface area contributed by atoms with Crippen LogP contribution in [0.1, 0.15) is 12.0 Å². The molecule has 2 heteroatoms. The molecule has 0 unspecified atom stereocenters. The molecule has 0 radical (unpaired) electrons. The zero-order valence-corrected chi connectivity index (χ0v) is 7.48. The van der Waals surface area contributed by atoms with Crippen molar-refractivity contribution in [3.05, 3.63) is 35.9 Å². The molecular weight excluding hydrogens is 160 g/mol. The molecule has 0 amide bonds. The van der Waals surface area contributed by atoms with Gasteiger partial charge in [-0.05, 0) is 12.0 Å². The van der Waals surface area contributed by atoms with Crippen LogP contribution in [0.15, 0.2) is 30.3 Å². The maximum Gasteiger partial charge on any atom is 0.0993 e. The Morgan fingerprint density at radius 3 is 2.69 bits per heavy atom. The molecule has 1 aliphatic heterocycles. The molecule has 2 nitrogen and oxygen atoms in total. The van der Waals surface area contributed by atoms with E-state index in [0.717, 1.165) is 19.5 Å². The summed E-state index contributed by atoms with van der Waals surface area (Å²) in [5, 5.41) is 8.74. The fourth-order valence-electron chi connectivity index (χ4n) is 1.59.